The molecule has 6 nitrogen and oxygen atoms in total. The minimum absolute atomic E-state index is 0.0213. The van der Waals surface area contributed by atoms with Gasteiger partial charge in [0.05, 0.1) is 15.7 Å². The summed E-state index contributed by atoms with van der Waals surface area (Å²) in [6.45, 7) is 2.01. The van der Waals surface area contributed by atoms with Gasteiger partial charge in [-0.15, -0.1) is 5.10 Å². The van der Waals surface area contributed by atoms with Gasteiger partial charge < -0.3 is 5.32 Å². The Kier molecular flexibility index (Phi) is 5.64. The highest BCUT2D eigenvalue weighted by atomic mass is 79.9. The summed E-state index contributed by atoms with van der Waals surface area (Å²) in [5, 5.41) is 10.8. The number of halogens is 4. The number of aromatic nitrogens is 3. The van der Waals surface area contributed by atoms with E-state index in [4.69, 9.17) is 0 Å². The van der Waals surface area contributed by atoms with E-state index in [1.165, 1.54) is 4.68 Å². The molecular formula is C17H17BrF3N5O. The second-order valence-electron chi connectivity index (χ2n) is 6.30. The minimum Gasteiger partial charge on any atom is -0.323 e. The molecule has 144 valence electrons. The molecule has 3 rings (SSSR count). The van der Waals surface area contributed by atoms with Gasteiger partial charge in [0.2, 0.25) is 5.91 Å². The molecule has 1 aromatic carbocycles. The van der Waals surface area contributed by atoms with Crippen LogP contribution < -0.4 is 5.32 Å². The maximum atomic E-state index is 12.5. The Morgan fingerprint density at radius 2 is 2.15 bits per heavy atom. The first-order chi connectivity index (χ1) is 12.8. The highest BCUT2D eigenvalue weighted by molar-refractivity contribution is 9.10. The van der Waals surface area contributed by atoms with Crippen molar-refractivity contribution in [1.82, 2.24) is 15.0 Å². The Morgan fingerprint density at radius 1 is 1.37 bits per heavy atom. The number of aryl methyl sites for hydroxylation is 1. The standard InChI is InChI=1S/C17H17BrF3N5O/c1-10-4-2-8-22-14(10)16(27)23-11-5-6-12-15(13(11)18)24-25-26(12)9-3-7-17(19,20)21/h2,4-6,8,10,14H,3,7,9H2,1H3,(H,23,27). The average Bonchev–Trinajstić information content (AvgIpc) is 3.00. The van der Waals surface area contributed by atoms with Crippen LogP contribution in [0.4, 0.5) is 18.9 Å². The first kappa shape index (κ1) is 19.5. The van der Waals surface area contributed by atoms with E-state index in [1.807, 2.05) is 13.0 Å². The zero-order valence-corrected chi connectivity index (χ0v) is 16.0. The number of anilines is 1. The van der Waals surface area contributed by atoms with E-state index in [9.17, 15) is 18.0 Å². The molecule has 1 aromatic heterocycles. The number of carbonyl (C=O) groups is 1. The van der Waals surface area contributed by atoms with Crippen LogP contribution >= 0.6 is 15.9 Å². The normalized spacial score (nSPS) is 19.6. The van der Waals surface area contributed by atoms with Gasteiger partial charge in [-0.3, -0.25) is 9.79 Å². The third-order valence-electron chi connectivity index (χ3n) is 4.23. The molecule has 1 aliphatic heterocycles. The van der Waals surface area contributed by atoms with E-state index in [1.54, 1.807) is 24.4 Å². The van der Waals surface area contributed by atoms with E-state index < -0.39 is 18.6 Å². The molecule has 1 N–H and O–H groups in total. The first-order valence-corrected chi connectivity index (χ1v) is 9.15. The fraction of sp³-hybridized carbons (Fsp3) is 0.412. The van der Waals surface area contributed by atoms with Crippen molar-refractivity contribution in [2.24, 2.45) is 10.9 Å². The lowest BCUT2D eigenvalue weighted by Crippen LogP contribution is -2.32. The Balaban J connectivity index is 1.75. The molecule has 0 fully saturated rings. The van der Waals surface area contributed by atoms with Gasteiger partial charge in [-0.2, -0.15) is 13.2 Å². The number of fused-ring (bicyclic) bond motifs is 1. The smallest absolute Gasteiger partial charge is 0.323 e. The van der Waals surface area contributed by atoms with Crippen LogP contribution in [-0.2, 0) is 11.3 Å². The Morgan fingerprint density at radius 3 is 2.85 bits per heavy atom. The molecule has 2 unspecified atom stereocenters. The van der Waals surface area contributed by atoms with Gasteiger partial charge in [0.1, 0.15) is 11.6 Å². The molecule has 0 saturated carbocycles. The van der Waals surface area contributed by atoms with E-state index in [0.717, 1.165) is 0 Å². The monoisotopic (exact) mass is 443 g/mol. The summed E-state index contributed by atoms with van der Waals surface area (Å²) in [5.74, 6) is -0.271. The number of alkyl halides is 3. The lowest BCUT2D eigenvalue weighted by Gasteiger charge is -2.19. The molecule has 0 saturated heterocycles. The van der Waals surface area contributed by atoms with Crippen molar-refractivity contribution in [3.05, 3.63) is 28.8 Å². The second-order valence-corrected chi connectivity index (χ2v) is 7.10. The van der Waals surface area contributed by atoms with Crippen molar-refractivity contribution in [1.29, 1.82) is 0 Å². The van der Waals surface area contributed by atoms with Crippen LogP contribution in [0.15, 0.2) is 33.7 Å². The number of hydrogen-bond acceptors (Lipinski definition) is 4. The lowest BCUT2D eigenvalue weighted by molar-refractivity contribution is -0.136. The van der Waals surface area contributed by atoms with E-state index in [2.05, 4.69) is 36.6 Å². The number of nitrogens with one attached hydrogen (secondary N) is 1. The summed E-state index contributed by atoms with van der Waals surface area (Å²) in [6, 6.07) is 2.83. The second kappa shape index (κ2) is 7.79. The van der Waals surface area contributed by atoms with Gasteiger partial charge in [0.25, 0.3) is 0 Å². The third-order valence-corrected chi connectivity index (χ3v) is 5.03. The predicted octanol–water partition coefficient (Wildman–Crippen LogP) is 4.12. The maximum Gasteiger partial charge on any atom is 0.389 e. The zero-order valence-electron chi connectivity index (χ0n) is 14.4. The number of allylic oxidation sites excluding steroid dienone is 1. The van der Waals surface area contributed by atoms with Crippen molar-refractivity contribution in [3.63, 3.8) is 0 Å². The highest BCUT2D eigenvalue weighted by Crippen LogP contribution is 2.31. The number of amides is 1. The van der Waals surface area contributed by atoms with E-state index >= 15 is 0 Å². The van der Waals surface area contributed by atoms with Crippen LogP contribution in [0.5, 0.6) is 0 Å². The number of benzene rings is 1. The predicted molar refractivity (Wildman–Crippen MR) is 99.7 cm³/mol. The van der Waals surface area contributed by atoms with Crippen LogP contribution in [-0.4, -0.2) is 39.3 Å². The van der Waals surface area contributed by atoms with E-state index in [-0.39, 0.29) is 24.8 Å². The van der Waals surface area contributed by atoms with Crippen LogP contribution in [0, 0.1) is 5.92 Å². The van der Waals surface area contributed by atoms with Gasteiger partial charge in [-0.25, -0.2) is 4.68 Å². The maximum absolute atomic E-state index is 12.5. The number of carbonyl (C=O) groups excluding carboxylic acids is 1. The van der Waals surface area contributed by atoms with Crippen LogP contribution in [0.2, 0.25) is 0 Å². The molecule has 10 heteroatoms. The summed E-state index contributed by atoms with van der Waals surface area (Å²) < 4.78 is 38.9. The van der Waals surface area contributed by atoms with Crippen molar-refractivity contribution >= 4 is 44.8 Å². The van der Waals surface area contributed by atoms with Crippen molar-refractivity contribution in [2.45, 2.75) is 38.5 Å². The molecule has 1 amide bonds. The molecule has 2 aromatic rings. The average molecular weight is 444 g/mol. The molecule has 0 bridgehead atoms. The quantitative estimate of drug-likeness (QED) is 0.755. The van der Waals surface area contributed by atoms with Crippen molar-refractivity contribution < 1.29 is 18.0 Å². The Labute approximate surface area is 161 Å². The topological polar surface area (TPSA) is 72.2 Å². The summed E-state index contributed by atoms with van der Waals surface area (Å²) in [4.78, 5) is 16.7. The van der Waals surface area contributed by atoms with Gasteiger partial charge in [-0.1, -0.05) is 18.2 Å². The minimum atomic E-state index is -4.19. The molecule has 2 atom stereocenters. The van der Waals surface area contributed by atoms with Crippen LogP contribution in [0.3, 0.4) is 0 Å². The summed E-state index contributed by atoms with van der Waals surface area (Å²) in [6.07, 6.45) is 0.147. The van der Waals surface area contributed by atoms with E-state index in [0.29, 0.717) is 21.2 Å². The third kappa shape index (κ3) is 4.55. The fourth-order valence-electron chi connectivity index (χ4n) is 2.82. The largest absolute Gasteiger partial charge is 0.389 e. The lowest BCUT2D eigenvalue weighted by atomic mass is 9.99. The number of dihydropyridines is 1. The number of hydrogen-bond donors (Lipinski definition) is 1. The molecule has 0 spiro atoms. The number of aliphatic imine (C=N–C) groups is 1. The van der Waals surface area contributed by atoms with Crippen molar-refractivity contribution in [3.8, 4) is 0 Å². The summed E-state index contributed by atoms with van der Waals surface area (Å²) >= 11 is 3.40. The van der Waals surface area contributed by atoms with Gasteiger partial charge in [-0.05, 0) is 40.6 Å². The Hall–Kier alpha value is -2.23. The summed E-state index contributed by atoms with van der Waals surface area (Å²) in [5.41, 5.74) is 1.57. The Bertz CT molecular complexity index is 906. The zero-order chi connectivity index (χ0) is 19.6. The van der Waals surface area contributed by atoms with Gasteiger partial charge in [0, 0.05) is 25.1 Å². The number of rotatable bonds is 5. The highest BCUT2D eigenvalue weighted by Gasteiger charge is 2.27. The van der Waals surface area contributed by atoms with Crippen molar-refractivity contribution in [2.75, 3.05) is 5.32 Å². The van der Waals surface area contributed by atoms with Gasteiger partial charge >= 0.3 is 6.18 Å². The fourth-order valence-corrected chi connectivity index (χ4v) is 3.33. The molecule has 1 aliphatic rings. The first-order valence-electron chi connectivity index (χ1n) is 8.35. The van der Waals surface area contributed by atoms with Gasteiger partial charge in [0.15, 0.2) is 0 Å². The molecule has 2 heterocycles. The summed E-state index contributed by atoms with van der Waals surface area (Å²) in [7, 11) is 0. The van der Waals surface area contributed by atoms with Crippen LogP contribution in [0.1, 0.15) is 19.8 Å². The molecule has 0 aliphatic carbocycles. The molecule has 27 heavy (non-hydrogen) atoms. The molecule has 0 radical (unpaired) electrons. The number of nitrogens with zero attached hydrogens (tertiary/aromatic N) is 4. The molecular weight excluding hydrogens is 427 g/mol. The SMILES string of the molecule is CC1C=CC=NC1C(=O)Nc1ccc2c(nnn2CCCC(F)(F)F)c1Br. The van der Waals surface area contributed by atoms with Crippen LogP contribution in [0.25, 0.3) is 11.0 Å².